The van der Waals surface area contributed by atoms with E-state index < -0.39 is 0 Å². The van der Waals surface area contributed by atoms with Crippen molar-refractivity contribution in [3.8, 4) is 11.5 Å². The Morgan fingerprint density at radius 1 is 1.11 bits per heavy atom. The van der Waals surface area contributed by atoms with Gasteiger partial charge in [0.1, 0.15) is 13.2 Å². The first-order chi connectivity index (χ1) is 8.96. The number of ether oxygens (including phenoxy) is 2. The second-order valence-electron chi connectivity index (χ2n) is 6.20. The van der Waals surface area contributed by atoms with Crippen LogP contribution in [0.5, 0.6) is 11.5 Å². The van der Waals surface area contributed by atoms with Crippen LogP contribution in [0.3, 0.4) is 0 Å². The van der Waals surface area contributed by atoms with Crippen molar-refractivity contribution in [3.05, 3.63) is 23.3 Å². The maximum atomic E-state index is 5.64. The topological polar surface area (TPSA) is 30.5 Å². The van der Waals surface area contributed by atoms with Gasteiger partial charge in [0.15, 0.2) is 11.5 Å². The number of aryl methyl sites for hydroxylation is 2. The Balaban J connectivity index is 1.93. The van der Waals surface area contributed by atoms with Gasteiger partial charge < -0.3 is 14.8 Å². The van der Waals surface area contributed by atoms with Gasteiger partial charge in [-0.2, -0.15) is 0 Å². The van der Waals surface area contributed by atoms with Gasteiger partial charge in [0.2, 0.25) is 0 Å². The van der Waals surface area contributed by atoms with Gasteiger partial charge in [-0.25, -0.2) is 0 Å². The standard InChI is InChI=1S/C16H25NO2/c1-12-10-14-15(19-9-8-18-14)11-13(12)6-5-7-17-16(2,3)4/h10-11,17H,5-9H2,1-4H3. The maximum absolute atomic E-state index is 5.64. The van der Waals surface area contributed by atoms with Gasteiger partial charge in [-0.15, -0.1) is 0 Å². The lowest BCUT2D eigenvalue weighted by molar-refractivity contribution is 0.171. The zero-order valence-corrected chi connectivity index (χ0v) is 12.5. The van der Waals surface area contributed by atoms with Gasteiger partial charge >= 0.3 is 0 Å². The molecule has 1 heterocycles. The lowest BCUT2D eigenvalue weighted by Crippen LogP contribution is -2.36. The summed E-state index contributed by atoms with van der Waals surface area (Å²) < 4.78 is 11.2. The summed E-state index contributed by atoms with van der Waals surface area (Å²) in [7, 11) is 0. The van der Waals surface area contributed by atoms with Gasteiger partial charge in [-0.3, -0.25) is 0 Å². The van der Waals surface area contributed by atoms with Crippen LogP contribution in [0.15, 0.2) is 12.1 Å². The molecule has 3 nitrogen and oxygen atoms in total. The van der Waals surface area contributed by atoms with Crippen LogP contribution >= 0.6 is 0 Å². The molecular formula is C16H25NO2. The summed E-state index contributed by atoms with van der Waals surface area (Å²) in [6.07, 6.45) is 2.21. The number of fused-ring (bicyclic) bond motifs is 1. The van der Waals surface area contributed by atoms with E-state index in [0.29, 0.717) is 13.2 Å². The lowest BCUT2D eigenvalue weighted by atomic mass is 10.0. The van der Waals surface area contributed by atoms with E-state index in [-0.39, 0.29) is 5.54 Å². The van der Waals surface area contributed by atoms with Crippen LogP contribution in [0, 0.1) is 6.92 Å². The molecule has 19 heavy (non-hydrogen) atoms. The number of nitrogens with one attached hydrogen (secondary N) is 1. The maximum Gasteiger partial charge on any atom is 0.161 e. The molecule has 1 aliphatic heterocycles. The summed E-state index contributed by atoms with van der Waals surface area (Å²) in [6, 6.07) is 4.24. The molecule has 1 N–H and O–H groups in total. The average molecular weight is 263 g/mol. The first kappa shape index (κ1) is 14.2. The van der Waals surface area contributed by atoms with Crippen molar-refractivity contribution >= 4 is 0 Å². The Bertz CT molecular complexity index is 435. The molecule has 2 rings (SSSR count). The van der Waals surface area contributed by atoms with E-state index in [1.165, 1.54) is 11.1 Å². The SMILES string of the molecule is Cc1cc2c(cc1CCCNC(C)(C)C)OCCO2. The normalized spacial score (nSPS) is 14.5. The van der Waals surface area contributed by atoms with Crippen molar-refractivity contribution in [2.24, 2.45) is 0 Å². The van der Waals surface area contributed by atoms with Crippen molar-refractivity contribution in [3.63, 3.8) is 0 Å². The zero-order chi connectivity index (χ0) is 13.9. The molecule has 0 fully saturated rings. The van der Waals surface area contributed by atoms with Gasteiger partial charge in [0.25, 0.3) is 0 Å². The molecule has 0 aromatic heterocycles. The molecule has 0 bridgehead atoms. The Hall–Kier alpha value is -1.22. The Kier molecular flexibility index (Phi) is 4.35. The molecule has 0 amide bonds. The molecule has 0 saturated carbocycles. The van der Waals surface area contributed by atoms with Crippen LogP contribution in [-0.4, -0.2) is 25.3 Å². The fourth-order valence-corrected chi connectivity index (χ4v) is 2.24. The van der Waals surface area contributed by atoms with Gasteiger partial charge in [-0.05, 0) is 70.3 Å². The average Bonchev–Trinajstić information content (AvgIpc) is 2.33. The molecular weight excluding hydrogens is 238 g/mol. The van der Waals surface area contributed by atoms with Crippen LogP contribution in [0.1, 0.15) is 38.3 Å². The van der Waals surface area contributed by atoms with Crippen LogP contribution in [-0.2, 0) is 6.42 Å². The minimum absolute atomic E-state index is 0.196. The molecule has 0 atom stereocenters. The van der Waals surface area contributed by atoms with E-state index >= 15 is 0 Å². The third-order valence-corrected chi connectivity index (χ3v) is 3.28. The highest BCUT2D eigenvalue weighted by Gasteiger charge is 2.14. The second kappa shape index (κ2) is 5.83. The number of benzene rings is 1. The monoisotopic (exact) mass is 263 g/mol. The Morgan fingerprint density at radius 3 is 2.37 bits per heavy atom. The quantitative estimate of drug-likeness (QED) is 0.847. The van der Waals surface area contributed by atoms with Gasteiger partial charge in [-0.1, -0.05) is 0 Å². The van der Waals surface area contributed by atoms with E-state index in [1.807, 2.05) is 0 Å². The first-order valence-electron chi connectivity index (χ1n) is 7.10. The largest absolute Gasteiger partial charge is 0.486 e. The van der Waals surface area contributed by atoms with Gasteiger partial charge in [0.05, 0.1) is 0 Å². The molecule has 0 aliphatic carbocycles. The van der Waals surface area contributed by atoms with Crippen molar-refractivity contribution in [1.29, 1.82) is 0 Å². The van der Waals surface area contributed by atoms with E-state index in [0.717, 1.165) is 30.9 Å². The number of hydrogen-bond donors (Lipinski definition) is 1. The van der Waals surface area contributed by atoms with Crippen LogP contribution < -0.4 is 14.8 Å². The summed E-state index contributed by atoms with van der Waals surface area (Å²) in [5.41, 5.74) is 2.85. The van der Waals surface area contributed by atoms with E-state index in [9.17, 15) is 0 Å². The number of hydrogen-bond acceptors (Lipinski definition) is 3. The lowest BCUT2D eigenvalue weighted by Gasteiger charge is -2.22. The highest BCUT2D eigenvalue weighted by Crippen LogP contribution is 2.33. The molecule has 3 heteroatoms. The first-order valence-corrected chi connectivity index (χ1v) is 7.10. The fraction of sp³-hybridized carbons (Fsp3) is 0.625. The molecule has 1 aliphatic rings. The molecule has 0 saturated heterocycles. The fourth-order valence-electron chi connectivity index (χ4n) is 2.24. The molecule has 1 aromatic carbocycles. The summed E-state index contributed by atoms with van der Waals surface area (Å²) in [5, 5.41) is 3.52. The van der Waals surface area contributed by atoms with Crippen molar-refractivity contribution < 1.29 is 9.47 Å². The smallest absolute Gasteiger partial charge is 0.161 e. The molecule has 106 valence electrons. The van der Waals surface area contributed by atoms with Crippen LogP contribution in [0.25, 0.3) is 0 Å². The van der Waals surface area contributed by atoms with Crippen molar-refractivity contribution in [1.82, 2.24) is 5.32 Å². The molecule has 0 radical (unpaired) electrons. The minimum atomic E-state index is 0.196. The minimum Gasteiger partial charge on any atom is -0.486 e. The second-order valence-corrected chi connectivity index (χ2v) is 6.20. The molecule has 0 spiro atoms. The van der Waals surface area contributed by atoms with E-state index in [1.54, 1.807) is 0 Å². The zero-order valence-electron chi connectivity index (χ0n) is 12.5. The van der Waals surface area contributed by atoms with Gasteiger partial charge in [0, 0.05) is 5.54 Å². The predicted octanol–water partition coefficient (Wildman–Crippen LogP) is 3.09. The van der Waals surface area contributed by atoms with Crippen LogP contribution in [0.2, 0.25) is 0 Å². The summed E-state index contributed by atoms with van der Waals surface area (Å²) >= 11 is 0. The molecule has 1 aromatic rings. The third kappa shape index (κ3) is 4.13. The van der Waals surface area contributed by atoms with Crippen LogP contribution in [0.4, 0.5) is 0 Å². The predicted molar refractivity (Wildman–Crippen MR) is 78.2 cm³/mol. The molecule has 0 unspecified atom stereocenters. The van der Waals surface area contributed by atoms with Crippen molar-refractivity contribution in [2.75, 3.05) is 19.8 Å². The van der Waals surface area contributed by atoms with E-state index in [2.05, 4.69) is 45.1 Å². The third-order valence-electron chi connectivity index (χ3n) is 3.28. The van der Waals surface area contributed by atoms with E-state index in [4.69, 9.17) is 9.47 Å². The van der Waals surface area contributed by atoms with Crippen molar-refractivity contribution in [2.45, 2.75) is 46.1 Å². The number of rotatable bonds is 4. The Labute approximate surface area is 116 Å². The Morgan fingerprint density at radius 2 is 1.74 bits per heavy atom. The summed E-state index contributed by atoms with van der Waals surface area (Å²) in [4.78, 5) is 0. The summed E-state index contributed by atoms with van der Waals surface area (Å²) in [5.74, 6) is 1.79. The highest BCUT2D eigenvalue weighted by atomic mass is 16.6. The highest BCUT2D eigenvalue weighted by molar-refractivity contribution is 5.47. The summed E-state index contributed by atoms with van der Waals surface area (Å²) in [6.45, 7) is 11.1.